The van der Waals surface area contributed by atoms with Gasteiger partial charge in [0.25, 0.3) is 5.91 Å². The van der Waals surface area contributed by atoms with Gasteiger partial charge >= 0.3 is 5.97 Å². The number of rotatable bonds is 9. The van der Waals surface area contributed by atoms with Gasteiger partial charge in [-0.1, -0.05) is 37.3 Å². The van der Waals surface area contributed by atoms with E-state index in [4.69, 9.17) is 5.11 Å². The normalized spacial score (nSPS) is 11.4. The zero-order valence-corrected chi connectivity index (χ0v) is 15.3. The Bertz CT molecular complexity index is 773. The average molecular weight is 368 g/mol. The molecule has 0 saturated heterocycles. The van der Waals surface area contributed by atoms with E-state index in [2.05, 4.69) is 22.8 Å². The van der Waals surface area contributed by atoms with Gasteiger partial charge in [0.15, 0.2) is 0 Å². The van der Waals surface area contributed by atoms with Gasteiger partial charge in [0.2, 0.25) is 5.91 Å². The Kier molecular flexibility index (Phi) is 7.55. The zero-order chi connectivity index (χ0) is 19.6. The fourth-order valence-electron chi connectivity index (χ4n) is 2.62. The molecular weight excluding hydrogens is 344 g/mol. The summed E-state index contributed by atoms with van der Waals surface area (Å²) in [5.41, 5.74) is 2.21. The van der Waals surface area contributed by atoms with Crippen LogP contribution in [0.5, 0.6) is 0 Å². The molecule has 3 N–H and O–H groups in total. The standard InChI is InChI=1S/C21H24N2O4/c1-15(6-5-9-16-7-3-2-4-8-16)20(26)23-18-12-10-17(11-13-18)21(27)22-14-19(24)25/h2-4,7-8,10-13,15H,5-6,9,14H2,1H3,(H,22,27)(H,23,26)(H,24,25). The number of carbonyl (C=O) groups is 3. The summed E-state index contributed by atoms with van der Waals surface area (Å²) in [5, 5.41) is 13.7. The van der Waals surface area contributed by atoms with Crippen molar-refractivity contribution in [2.45, 2.75) is 26.2 Å². The molecule has 0 heterocycles. The molecule has 0 aliphatic heterocycles. The van der Waals surface area contributed by atoms with Crippen molar-refractivity contribution >= 4 is 23.5 Å². The predicted molar refractivity (Wildman–Crippen MR) is 104 cm³/mol. The summed E-state index contributed by atoms with van der Waals surface area (Å²) in [6, 6.07) is 16.5. The lowest BCUT2D eigenvalue weighted by Crippen LogP contribution is -2.29. The number of carboxylic acid groups (broad SMARTS) is 1. The van der Waals surface area contributed by atoms with Crippen LogP contribution < -0.4 is 10.6 Å². The number of hydrogen-bond acceptors (Lipinski definition) is 3. The Hall–Kier alpha value is -3.15. The topological polar surface area (TPSA) is 95.5 Å². The SMILES string of the molecule is CC(CCCc1ccccc1)C(=O)Nc1ccc(C(=O)NCC(=O)O)cc1. The summed E-state index contributed by atoms with van der Waals surface area (Å²) >= 11 is 0. The first-order valence-corrected chi connectivity index (χ1v) is 8.90. The van der Waals surface area contributed by atoms with Crippen molar-refractivity contribution in [1.29, 1.82) is 0 Å². The third kappa shape index (κ3) is 6.93. The molecule has 2 aromatic carbocycles. The van der Waals surface area contributed by atoms with Crippen LogP contribution >= 0.6 is 0 Å². The van der Waals surface area contributed by atoms with E-state index in [0.717, 1.165) is 19.3 Å². The fourth-order valence-corrected chi connectivity index (χ4v) is 2.62. The van der Waals surface area contributed by atoms with Gasteiger partial charge in [-0.05, 0) is 49.1 Å². The minimum atomic E-state index is -1.10. The van der Waals surface area contributed by atoms with Crippen molar-refractivity contribution in [2.75, 3.05) is 11.9 Å². The summed E-state index contributed by atoms with van der Waals surface area (Å²) in [5.74, 6) is -1.75. The second-order valence-corrected chi connectivity index (χ2v) is 6.42. The van der Waals surface area contributed by atoms with E-state index in [1.807, 2.05) is 25.1 Å². The Morgan fingerprint density at radius 3 is 2.30 bits per heavy atom. The third-order valence-electron chi connectivity index (χ3n) is 4.21. The second-order valence-electron chi connectivity index (χ2n) is 6.42. The summed E-state index contributed by atoms with van der Waals surface area (Å²) in [7, 11) is 0. The first kappa shape index (κ1) is 20.2. The van der Waals surface area contributed by atoms with Crippen molar-refractivity contribution < 1.29 is 19.5 Å². The highest BCUT2D eigenvalue weighted by molar-refractivity contribution is 5.97. The summed E-state index contributed by atoms with van der Waals surface area (Å²) in [6.07, 6.45) is 2.66. The Balaban J connectivity index is 1.78. The van der Waals surface area contributed by atoms with Gasteiger partial charge in [0.1, 0.15) is 6.54 Å². The average Bonchev–Trinajstić information content (AvgIpc) is 2.67. The third-order valence-corrected chi connectivity index (χ3v) is 4.21. The Morgan fingerprint density at radius 2 is 1.67 bits per heavy atom. The molecule has 1 unspecified atom stereocenters. The Labute approximate surface area is 158 Å². The largest absolute Gasteiger partial charge is 0.480 e. The lowest BCUT2D eigenvalue weighted by molar-refractivity contribution is -0.135. The summed E-state index contributed by atoms with van der Waals surface area (Å²) in [4.78, 5) is 34.5. The summed E-state index contributed by atoms with van der Waals surface area (Å²) in [6.45, 7) is 1.46. The number of carbonyl (C=O) groups excluding carboxylic acids is 2. The van der Waals surface area contributed by atoms with Gasteiger partial charge in [-0.2, -0.15) is 0 Å². The van der Waals surface area contributed by atoms with Crippen LogP contribution in [0.3, 0.4) is 0 Å². The maximum atomic E-state index is 12.3. The van der Waals surface area contributed by atoms with E-state index in [1.165, 1.54) is 5.56 Å². The van der Waals surface area contributed by atoms with Crippen LogP contribution in [-0.2, 0) is 16.0 Å². The monoisotopic (exact) mass is 368 g/mol. The quantitative estimate of drug-likeness (QED) is 0.634. The van der Waals surface area contributed by atoms with Crippen LogP contribution in [0.15, 0.2) is 54.6 Å². The molecule has 2 rings (SSSR count). The molecule has 0 spiro atoms. The molecule has 0 aliphatic rings. The van der Waals surface area contributed by atoms with Crippen molar-refractivity contribution in [2.24, 2.45) is 5.92 Å². The van der Waals surface area contributed by atoms with Gasteiger partial charge in [-0.3, -0.25) is 14.4 Å². The summed E-state index contributed by atoms with van der Waals surface area (Å²) < 4.78 is 0. The van der Waals surface area contributed by atoms with Crippen LogP contribution in [0.1, 0.15) is 35.7 Å². The molecule has 1 atom stereocenters. The molecule has 142 valence electrons. The molecule has 6 nitrogen and oxygen atoms in total. The molecule has 0 radical (unpaired) electrons. The van der Waals surface area contributed by atoms with Crippen molar-refractivity contribution in [3.8, 4) is 0 Å². The molecule has 0 bridgehead atoms. The van der Waals surface area contributed by atoms with E-state index in [-0.39, 0.29) is 11.8 Å². The number of amides is 2. The lowest BCUT2D eigenvalue weighted by Gasteiger charge is -2.12. The number of nitrogens with one attached hydrogen (secondary N) is 2. The number of aliphatic carboxylic acids is 1. The zero-order valence-electron chi connectivity index (χ0n) is 15.3. The fraction of sp³-hybridized carbons (Fsp3) is 0.286. The van der Waals surface area contributed by atoms with E-state index < -0.39 is 18.4 Å². The molecule has 0 aliphatic carbocycles. The van der Waals surface area contributed by atoms with Crippen molar-refractivity contribution in [3.63, 3.8) is 0 Å². The maximum Gasteiger partial charge on any atom is 0.322 e. The number of benzene rings is 2. The second kappa shape index (κ2) is 10.1. The highest BCUT2D eigenvalue weighted by atomic mass is 16.4. The number of aryl methyl sites for hydroxylation is 1. The van der Waals surface area contributed by atoms with Gasteiger partial charge in [0, 0.05) is 17.2 Å². The van der Waals surface area contributed by atoms with Gasteiger partial charge in [0.05, 0.1) is 0 Å². The molecule has 2 amide bonds. The minimum Gasteiger partial charge on any atom is -0.480 e. The maximum absolute atomic E-state index is 12.3. The number of carboxylic acids is 1. The van der Waals surface area contributed by atoms with E-state index in [0.29, 0.717) is 11.3 Å². The van der Waals surface area contributed by atoms with Gasteiger partial charge < -0.3 is 15.7 Å². The molecule has 0 fully saturated rings. The molecule has 27 heavy (non-hydrogen) atoms. The van der Waals surface area contributed by atoms with E-state index in [1.54, 1.807) is 24.3 Å². The van der Waals surface area contributed by atoms with Crippen molar-refractivity contribution in [1.82, 2.24) is 5.32 Å². The van der Waals surface area contributed by atoms with Gasteiger partial charge in [-0.25, -0.2) is 0 Å². The van der Waals surface area contributed by atoms with E-state index >= 15 is 0 Å². The van der Waals surface area contributed by atoms with Crippen LogP contribution in [0.4, 0.5) is 5.69 Å². The molecule has 0 saturated carbocycles. The minimum absolute atomic E-state index is 0.0638. The highest BCUT2D eigenvalue weighted by Gasteiger charge is 2.13. The molecular formula is C21H24N2O4. The van der Waals surface area contributed by atoms with Crippen molar-refractivity contribution in [3.05, 3.63) is 65.7 Å². The van der Waals surface area contributed by atoms with E-state index in [9.17, 15) is 14.4 Å². The molecule has 0 aromatic heterocycles. The van der Waals surface area contributed by atoms with Crippen LogP contribution in [0, 0.1) is 5.92 Å². The highest BCUT2D eigenvalue weighted by Crippen LogP contribution is 2.15. The first-order chi connectivity index (χ1) is 13.0. The Morgan fingerprint density at radius 1 is 1.00 bits per heavy atom. The molecule has 2 aromatic rings. The number of hydrogen-bond donors (Lipinski definition) is 3. The number of anilines is 1. The first-order valence-electron chi connectivity index (χ1n) is 8.90. The smallest absolute Gasteiger partial charge is 0.322 e. The molecule has 6 heteroatoms. The van der Waals surface area contributed by atoms with Crippen LogP contribution in [0.25, 0.3) is 0 Å². The van der Waals surface area contributed by atoms with Crippen LogP contribution in [-0.4, -0.2) is 29.4 Å². The van der Waals surface area contributed by atoms with Crippen LogP contribution in [0.2, 0.25) is 0 Å². The lowest BCUT2D eigenvalue weighted by atomic mass is 10.0. The van der Waals surface area contributed by atoms with Gasteiger partial charge in [-0.15, -0.1) is 0 Å². The predicted octanol–water partition coefficient (Wildman–Crippen LogP) is 3.10.